The summed E-state index contributed by atoms with van der Waals surface area (Å²) >= 11 is 15.6. The van der Waals surface area contributed by atoms with E-state index in [-0.39, 0.29) is 0 Å². The lowest BCUT2D eigenvalue weighted by Crippen LogP contribution is -2.14. The molecule has 0 unspecified atom stereocenters. The number of halogens is 3. The highest BCUT2D eigenvalue weighted by atomic mass is 79.9. The molecule has 82 valence electrons. The van der Waals surface area contributed by atoms with Crippen LogP contribution in [0.15, 0.2) is 16.6 Å². The average Bonchev–Trinajstić information content (AvgIpc) is 2.72. The summed E-state index contributed by atoms with van der Waals surface area (Å²) in [6, 6.07) is 4.45. The Balaban J connectivity index is 2.17. The Morgan fingerprint density at radius 3 is 2.47 bits per heavy atom. The maximum absolute atomic E-state index is 6.15. The molecule has 1 N–H and O–H groups in total. The van der Waals surface area contributed by atoms with Crippen molar-refractivity contribution in [1.82, 2.24) is 0 Å². The van der Waals surface area contributed by atoms with E-state index in [0.29, 0.717) is 16.1 Å². The molecule has 0 amide bonds. The van der Waals surface area contributed by atoms with Gasteiger partial charge in [-0.15, -0.1) is 0 Å². The van der Waals surface area contributed by atoms with E-state index < -0.39 is 0 Å². The second-order valence-electron chi connectivity index (χ2n) is 3.85. The molecule has 1 aliphatic rings. The Morgan fingerprint density at radius 2 is 1.80 bits per heavy atom. The first-order valence-corrected chi connectivity index (χ1v) is 6.63. The average molecular weight is 309 g/mol. The van der Waals surface area contributed by atoms with E-state index >= 15 is 0 Å². The second kappa shape index (κ2) is 4.94. The van der Waals surface area contributed by atoms with Gasteiger partial charge in [0.05, 0.1) is 15.7 Å². The molecular weight excluding hydrogens is 297 g/mol. The highest BCUT2D eigenvalue weighted by Gasteiger charge is 2.16. The molecule has 4 heteroatoms. The van der Waals surface area contributed by atoms with Gasteiger partial charge in [-0.3, -0.25) is 0 Å². The van der Waals surface area contributed by atoms with Gasteiger partial charge in [0.15, 0.2) is 0 Å². The minimum Gasteiger partial charge on any atom is -0.381 e. The Labute approximate surface area is 108 Å². The molecule has 0 saturated heterocycles. The fraction of sp³-hybridized carbons (Fsp3) is 0.455. The summed E-state index contributed by atoms with van der Waals surface area (Å²) in [6.07, 6.45) is 5.06. The molecule has 0 bridgehead atoms. The number of rotatable bonds is 2. The van der Waals surface area contributed by atoms with Crippen LogP contribution in [0.25, 0.3) is 0 Å². The quantitative estimate of drug-likeness (QED) is 0.749. The number of hydrogen-bond acceptors (Lipinski definition) is 1. The van der Waals surface area contributed by atoms with E-state index in [1.165, 1.54) is 25.7 Å². The first kappa shape index (κ1) is 11.6. The van der Waals surface area contributed by atoms with Crippen molar-refractivity contribution in [3.63, 3.8) is 0 Å². The van der Waals surface area contributed by atoms with Crippen molar-refractivity contribution in [3.8, 4) is 0 Å². The van der Waals surface area contributed by atoms with Crippen LogP contribution in [0.2, 0.25) is 10.0 Å². The van der Waals surface area contributed by atoms with Crippen LogP contribution >= 0.6 is 39.1 Å². The van der Waals surface area contributed by atoms with Crippen molar-refractivity contribution in [2.45, 2.75) is 31.7 Å². The van der Waals surface area contributed by atoms with E-state index in [1.807, 2.05) is 12.1 Å². The molecule has 0 heterocycles. The van der Waals surface area contributed by atoms with Crippen molar-refractivity contribution in [1.29, 1.82) is 0 Å². The fourth-order valence-electron chi connectivity index (χ4n) is 1.93. The highest BCUT2D eigenvalue weighted by Crippen LogP contribution is 2.37. The van der Waals surface area contributed by atoms with Crippen LogP contribution in [0.4, 0.5) is 5.69 Å². The Bertz CT molecular complexity index is 362. The van der Waals surface area contributed by atoms with Gasteiger partial charge in [0, 0.05) is 10.5 Å². The van der Waals surface area contributed by atoms with Crippen molar-refractivity contribution in [3.05, 3.63) is 26.7 Å². The van der Waals surface area contributed by atoms with Crippen LogP contribution in [0.1, 0.15) is 25.7 Å². The van der Waals surface area contributed by atoms with Crippen molar-refractivity contribution in [2.24, 2.45) is 0 Å². The highest BCUT2D eigenvalue weighted by molar-refractivity contribution is 9.10. The smallest absolute Gasteiger partial charge is 0.0835 e. The SMILES string of the molecule is Clc1c(Br)ccc(NC2CCCC2)c1Cl. The largest absolute Gasteiger partial charge is 0.381 e. The van der Waals surface area contributed by atoms with E-state index in [9.17, 15) is 0 Å². The number of nitrogens with one attached hydrogen (secondary N) is 1. The second-order valence-corrected chi connectivity index (χ2v) is 5.46. The molecular formula is C11H12BrCl2N. The third kappa shape index (κ3) is 2.61. The van der Waals surface area contributed by atoms with Gasteiger partial charge in [-0.05, 0) is 40.9 Å². The van der Waals surface area contributed by atoms with E-state index in [4.69, 9.17) is 23.2 Å². The first-order valence-electron chi connectivity index (χ1n) is 5.08. The summed E-state index contributed by atoms with van der Waals surface area (Å²) in [5.74, 6) is 0. The number of anilines is 1. The summed E-state index contributed by atoms with van der Waals surface area (Å²) in [5, 5.41) is 4.63. The van der Waals surface area contributed by atoms with Crippen molar-refractivity contribution in [2.75, 3.05) is 5.32 Å². The van der Waals surface area contributed by atoms with Gasteiger partial charge >= 0.3 is 0 Å². The molecule has 15 heavy (non-hydrogen) atoms. The predicted molar refractivity (Wildman–Crippen MR) is 70.0 cm³/mol. The lowest BCUT2D eigenvalue weighted by atomic mass is 10.2. The Hall–Kier alpha value is 0.0800. The molecule has 1 saturated carbocycles. The van der Waals surface area contributed by atoms with Gasteiger partial charge in [0.25, 0.3) is 0 Å². The van der Waals surface area contributed by atoms with Crippen LogP contribution < -0.4 is 5.32 Å². The van der Waals surface area contributed by atoms with Gasteiger partial charge in [-0.2, -0.15) is 0 Å². The van der Waals surface area contributed by atoms with Gasteiger partial charge in [0.2, 0.25) is 0 Å². The van der Waals surface area contributed by atoms with E-state index in [0.717, 1.165) is 10.2 Å². The summed E-state index contributed by atoms with van der Waals surface area (Å²) in [7, 11) is 0. The summed E-state index contributed by atoms with van der Waals surface area (Å²) in [5.41, 5.74) is 0.941. The molecule has 0 aliphatic heterocycles. The van der Waals surface area contributed by atoms with Crippen molar-refractivity contribution >= 4 is 44.8 Å². The molecule has 1 nitrogen and oxygen atoms in total. The predicted octanol–water partition coefficient (Wildman–Crippen LogP) is 5.11. The lowest BCUT2D eigenvalue weighted by Gasteiger charge is -2.15. The molecule has 1 aromatic carbocycles. The zero-order chi connectivity index (χ0) is 10.8. The maximum Gasteiger partial charge on any atom is 0.0835 e. The zero-order valence-electron chi connectivity index (χ0n) is 8.19. The Morgan fingerprint density at radius 1 is 1.13 bits per heavy atom. The standard InChI is InChI=1S/C11H12BrCl2N/c12-8-5-6-9(11(14)10(8)13)15-7-3-1-2-4-7/h5-7,15H,1-4H2. The third-order valence-corrected chi connectivity index (χ3v) is 4.52. The monoisotopic (exact) mass is 307 g/mol. The summed E-state index contributed by atoms with van der Waals surface area (Å²) in [6.45, 7) is 0. The first-order chi connectivity index (χ1) is 7.18. The lowest BCUT2D eigenvalue weighted by molar-refractivity contribution is 0.755. The van der Waals surface area contributed by atoms with Gasteiger partial charge in [0.1, 0.15) is 0 Å². The minimum atomic E-state index is 0.555. The molecule has 1 aromatic rings. The maximum atomic E-state index is 6.15. The summed E-state index contributed by atoms with van der Waals surface area (Å²) < 4.78 is 0.839. The van der Waals surface area contributed by atoms with Crippen LogP contribution in [0.3, 0.4) is 0 Å². The molecule has 0 aromatic heterocycles. The fourth-order valence-corrected chi connectivity index (χ4v) is 2.76. The van der Waals surface area contributed by atoms with E-state index in [2.05, 4.69) is 21.2 Å². The van der Waals surface area contributed by atoms with Gasteiger partial charge in [-0.25, -0.2) is 0 Å². The van der Waals surface area contributed by atoms with Crippen molar-refractivity contribution < 1.29 is 0 Å². The molecule has 1 aliphatic carbocycles. The van der Waals surface area contributed by atoms with Gasteiger partial charge < -0.3 is 5.32 Å². The van der Waals surface area contributed by atoms with Crippen LogP contribution in [-0.2, 0) is 0 Å². The molecule has 1 fully saturated rings. The topological polar surface area (TPSA) is 12.0 Å². The molecule has 0 spiro atoms. The normalized spacial score (nSPS) is 17.0. The third-order valence-electron chi connectivity index (χ3n) is 2.75. The molecule has 0 atom stereocenters. The summed E-state index contributed by atoms with van der Waals surface area (Å²) in [4.78, 5) is 0. The molecule has 0 radical (unpaired) electrons. The molecule has 2 rings (SSSR count). The van der Waals surface area contributed by atoms with Gasteiger partial charge in [-0.1, -0.05) is 36.0 Å². The van der Waals surface area contributed by atoms with E-state index in [1.54, 1.807) is 0 Å². The number of hydrogen-bond donors (Lipinski definition) is 1. The van der Waals surface area contributed by atoms with Crippen LogP contribution in [-0.4, -0.2) is 6.04 Å². The number of benzene rings is 1. The van der Waals surface area contributed by atoms with Crippen LogP contribution in [0.5, 0.6) is 0 Å². The Kier molecular flexibility index (Phi) is 3.81. The zero-order valence-corrected chi connectivity index (χ0v) is 11.3. The van der Waals surface area contributed by atoms with Crippen LogP contribution in [0, 0.1) is 0 Å². The minimum absolute atomic E-state index is 0.555.